The molecule has 176 valence electrons. The summed E-state index contributed by atoms with van der Waals surface area (Å²) in [4.78, 5) is 29.6. The van der Waals surface area contributed by atoms with Crippen molar-refractivity contribution in [3.05, 3.63) is 70.4 Å². The maximum atomic E-state index is 13.0. The summed E-state index contributed by atoms with van der Waals surface area (Å²) in [6.45, 7) is 1.69. The molecule has 1 fully saturated rings. The van der Waals surface area contributed by atoms with Crippen molar-refractivity contribution in [2.24, 2.45) is 0 Å². The SMILES string of the molecule is O=C(c1cccc(S(=O)(=O)Nc2ccc3c(c2)OCO3)c1)N1CCN(C(=O)c2cccs2)CC1. The maximum Gasteiger partial charge on any atom is 0.264 e. The van der Waals surface area contributed by atoms with Crippen LogP contribution in [0.4, 0.5) is 5.69 Å². The second kappa shape index (κ2) is 8.99. The van der Waals surface area contributed by atoms with Gasteiger partial charge in [0.2, 0.25) is 6.79 Å². The lowest BCUT2D eigenvalue weighted by Gasteiger charge is -2.34. The first-order valence-corrected chi connectivity index (χ1v) is 12.9. The van der Waals surface area contributed by atoms with Gasteiger partial charge in [-0.25, -0.2) is 8.42 Å². The minimum Gasteiger partial charge on any atom is -0.454 e. The normalized spacial score (nSPS) is 15.3. The summed E-state index contributed by atoms with van der Waals surface area (Å²) >= 11 is 1.39. The monoisotopic (exact) mass is 499 g/mol. The molecule has 2 aliphatic rings. The van der Waals surface area contributed by atoms with Crippen molar-refractivity contribution < 1.29 is 27.5 Å². The van der Waals surface area contributed by atoms with E-state index in [4.69, 9.17) is 9.47 Å². The summed E-state index contributed by atoms with van der Waals surface area (Å²) in [6.07, 6.45) is 0. The van der Waals surface area contributed by atoms with E-state index >= 15 is 0 Å². The highest BCUT2D eigenvalue weighted by atomic mass is 32.2. The summed E-state index contributed by atoms with van der Waals surface area (Å²) in [5.74, 6) is 0.696. The Morgan fingerprint density at radius 2 is 1.59 bits per heavy atom. The number of sulfonamides is 1. The van der Waals surface area contributed by atoms with E-state index in [9.17, 15) is 18.0 Å². The third-order valence-electron chi connectivity index (χ3n) is 5.60. The van der Waals surface area contributed by atoms with E-state index in [1.54, 1.807) is 40.1 Å². The van der Waals surface area contributed by atoms with Crippen LogP contribution in [0.15, 0.2) is 64.9 Å². The van der Waals surface area contributed by atoms with Crippen molar-refractivity contribution in [2.45, 2.75) is 4.90 Å². The third-order valence-corrected chi connectivity index (χ3v) is 7.84. The molecule has 3 heterocycles. The molecular formula is C23H21N3O6S2. The predicted molar refractivity (Wildman–Crippen MR) is 126 cm³/mol. The van der Waals surface area contributed by atoms with Gasteiger partial charge in [0, 0.05) is 37.8 Å². The Morgan fingerprint density at radius 1 is 0.853 bits per heavy atom. The van der Waals surface area contributed by atoms with Crippen molar-refractivity contribution in [3.8, 4) is 11.5 Å². The first-order chi connectivity index (χ1) is 16.4. The Morgan fingerprint density at radius 3 is 2.32 bits per heavy atom. The number of carbonyl (C=O) groups excluding carboxylic acids is 2. The van der Waals surface area contributed by atoms with E-state index in [-0.39, 0.29) is 29.1 Å². The van der Waals surface area contributed by atoms with Crippen LogP contribution in [-0.4, -0.2) is 63.0 Å². The van der Waals surface area contributed by atoms with Crippen LogP contribution >= 0.6 is 11.3 Å². The van der Waals surface area contributed by atoms with Crippen molar-refractivity contribution in [3.63, 3.8) is 0 Å². The molecule has 2 aliphatic heterocycles. The molecule has 3 aromatic rings. The number of nitrogens with one attached hydrogen (secondary N) is 1. The van der Waals surface area contributed by atoms with Crippen molar-refractivity contribution in [1.82, 2.24) is 9.80 Å². The lowest BCUT2D eigenvalue weighted by atomic mass is 10.2. The fraction of sp³-hybridized carbons (Fsp3) is 0.217. The van der Waals surface area contributed by atoms with Gasteiger partial charge >= 0.3 is 0 Å². The smallest absolute Gasteiger partial charge is 0.264 e. The third kappa shape index (κ3) is 4.44. The molecule has 0 unspecified atom stereocenters. The molecule has 11 heteroatoms. The predicted octanol–water partition coefficient (Wildman–Crippen LogP) is 2.88. The summed E-state index contributed by atoms with van der Waals surface area (Å²) in [7, 11) is -3.93. The Balaban J connectivity index is 1.26. The van der Waals surface area contributed by atoms with Crippen LogP contribution in [0.1, 0.15) is 20.0 Å². The van der Waals surface area contributed by atoms with Gasteiger partial charge in [0.15, 0.2) is 11.5 Å². The zero-order chi connectivity index (χ0) is 23.7. The highest BCUT2D eigenvalue weighted by molar-refractivity contribution is 7.92. The minimum atomic E-state index is -3.93. The molecule has 0 aliphatic carbocycles. The molecule has 2 aromatic carbocycles. The van der Waals surface area contributed by atoms with Gasteiger partial charge in [0.1, 0.15) is 0 Å². The molecule has 2 amide bonds. The number of piperazine rings is 1. The molecule has 0 bridgehead atoms. The first-order valence-electron chi connectivity index (χ1n) is 10.6. The van der Waals surface area contributed by atoms with Crippen LogP contribution in [0, 0.1) is 0 Å². The summed E-state index contributed by atoms with van der Waals surface area (Å²) in [5.41, 5.74) is 0.596. The van der Waals surface area contributed by atoms with E-state index in [2.05, 4.69) is 4.72 Å². The Labute approximate surface area is 200 Å². The lowest BCUT2D eigenvalue weighted by molar-refractivity contribution is 0.0538. The Bertz CT molecular complexity index is 1330. The van der Waals surface area contributed by atoms with Gasteiger partial charge in [0.05, 0.1) is 15.5 Å². The number of ether oxygens (including phenoxy) is 2. The number of thiophene rings is 1. The molecule has 5 rings (SSSR count). The molecule has 0 spiro atoms. The molecule has 0 atom stereocenters. The number of rotatable bonds is 5. The molecule has 1 N–H and O–H groups in total. The van der Waals surface area contributed by atoms with Gasteiger partial charge < -0.3 is 19.3 Å². The van der Waals surface area contributed by atoms with Gasteiger partial charge in [-0.3, -0.25) is 14.3 Å². The number of nitrogens with zero attached hydrogens (tertiary/aromatic N) is 2. The van der Waals surface area contributed by atoms with Crippen LogP contribution in [0.5, 0.6) is 11.5 Å². The molecule has 1 aromatic heterocycles. The first kappa shape index (κ1) is 22.2. The van der Waals surface area contributed by atoms with Crippen LogP contribution in [0.2, 0.25) is 0 Å². The van der Waals surface area contributed by atoms with E-state index in [1.165, 1.54) is 29.5 Å². The quantitative estimate of drug-likeness (QED) is 0.579. The summed E-state index contributed by atoms with van der Waals surface area (Å²) in [6, 6.07) is 14.3. The molecule has 0 radical (unpaired) electrons. The van der Waals surface area contributed by atoms with Crippen LogP contribution in [0.3, 0.4) is 0 Å². The standard InChI is InChI=1S/C23H21N3O6S2/c27-22(25-8-10-26(11-9-25)23(28)21-5-2-12-33-21)16-3-1-4-18(13-16)34(29,30)24-17-6-7-19-20(14-17)32-15-31-19/h1-7,12-14,24H,8-11,15H2. The average molecular weight is 500 g/mol. The fourth-order valence-corrected chi connectivity index (χ4v) is 5.61. The van der Waals surface area contributed by atoms with Gasteiger partial charge in [-0.1, -0.05) is 12.1 Å². The van der Waals surface area contributed by atoms with Crippen LogP contribution < -0.4 is 14.2 Å². The highest BCUT2D eigenvalue weighted by Gasteiger charge is 2.27. The average Bonchev–Trinajstić information content (AvgIpc) is 3.55. The number of hydrogen-bond donors (Lipinski definition) is 1. The van der Waals surface area contributed by atoms with Gasteiger partial charge in [-0.2, -0.15) is 0 Å². The largest absolute Gasteiger partial charge is 0.454 e. The van der Waals surface area contributed by atoms with Crippen molar-refractivity contribution in [2.75, 3.05) is 37.7 Å². The highest BCUT2D eigenvalue weighted by Crippen LogP contribution is 2.34. The van der Waals surface area contributed by atoms with E-state index in [0.29, 0.717) is 48.2 Å². The van der Waals surface area contributed by atoms with Crippen molar-refractivity contribution >= 4 is 38.9 Å². The topological polar surface area (TPSA) is 105 Å². The fourth-order valence-electron chi connectivity index (χ4n) is 3.82. The van der Waals surface area contributed by atoms with Crippen molar-refractivity contribution in [1.29, 1.82) is 0 Å². The Hall–Kier alpha value is -3.57. The number of fused-ring (bicyclic) bond motifs is 1. The number of amides is 2. The molecule has 0 saturated carbocycles. The molecular weight excluding hydrogens is 478 g/mol. The van der Waals surface area contributed by atoms with E-state index < -0.39 is 10.0 Å². The zero-order valence-electron chi connectivity index (χ0n) is 18.0. The van der Waals surface area contributed by atoms with E-state index in [0.717, 1.165) is 0 Å². The minimum absolute atomic E-state index is 0.0254. The second-order valence-electron chi connectivity index (χ2n) is 7.76. The van der Waals surface area contributed by atoms with Crippen LogP contribution in [0.25, 0.3) is 0 Å². The second-order valence-corrected chi connectivity index (χ2v) is 10.4. The molecule has 9 nitrogen and oxygen atoms in total. The zero-order valence-corrected chi connectivity index (χ0v) is 19.6. The van der Waals surface area contributed by atoms with Gasteiger partial charge in [-0.15, -0.1) is 11.3 Å². The number of carbonyl (C=O) groups is 2. The van der Waals surface area contributed by atoms with Gasteiger partial charge in [-0.05, 0) is 41.8 Å². The molecule has 34 heavy (non-hydrogen) atoms. The lowest BCUT2D eigenvalue weighted by Crippen LogP contribution is -2.50. The number of hydrogen-bond acceptors (Lipinski definition) is 7. The van der Waals surface area contributed by atoms with Gasteiger partial charge in [0.25, 0.3) is 21.8 Å². The summed E-state index contributed by atoms with van der Waals surface area (Å²) < 4.78 is 38.9. The molecule has 1 saturated heterocycles. The number of benzene rings is 2. The Kier molecular flexibility index (Phi) is 5.88. The number of anilines is 1. The van der Waals surface area contributed by atoms with Crippen LogP contribution in [-0.2, 0) is 10.0 Å². The maximum absolute atomic E-state index is 13.0. The summed E-state index contributed by atoms with van der Waals surface area (Å²) in [5, 5.41) is 1.86. The van der Waals surface area contributed by atoms with E-state index in [1.807, 2.05) is 11.4 Å².